The Morgan fingerprint density at radius 1 is 0.738 bits per heavy atom. The van der Waals surface area contributed by atoms with E-state index in [0.29, 0.717) is 27.9 Å². The number of halogens is 1. The monoisotopic (exact) mass is 589 g/mol. The molecular formula is C34H24ClN3O3S. The number of carbonyl (C=O) groups excluding carboxylic acids is 2. The van der Waals surface area contributed by atoms with Crippen LogP contribution in [0.5, 0.6) is 0 Å². The van der Waals surface area contributed by atoms with Crippen LogP contribution >= 0.6 is 23.4 Å². The Morgan fingerprint density at radius 3 is 2.17 bits per heavy atom. The minimum absolute atomic E-state index is 0.154. The summed E-state index contributed by atoms with van der Waals surface area (Å²) in [6.07, 6.45) is 0. The molecule has 42 heavy (non-hydrogen) atoms. The zero-order valence-corrected chi connectivity index (χ0v) is 23.7. The van der Waals surface area contributed by atoms with Gasteiger partial charge in [0.25, 0.3) is 5.91 Å². The molecule has 1 heterocycles. The second-order valence-electron chi connectivity index (χ2n) is 9.45. The number of thioether (sulfide) groups is 1. The normalized spacial score (nSPS) is 11.6. The standard InChI is InChI=1S/C34H24ClN3O3S/c35-25-10-6-9-24(21-25)32(39)36-27-17-19-28(20-18-27)42-31(22-7-2-1-3-8-22)33(40)37-26-15-13-23(14-16-26)34-38-29-11-4-5-12-30(29)41-34/h1-21,31H,(H,36,39)(H,37,40). The number of oxazole rings is 1. The van der Waals surface area contributed by atoms with Crippen LogP contribution in [-0.4, -0.2) is 16.8 Å². The van der Waals surface area contributed by atoms with Crippen LogP contribution in [0.25, 0.3) is 22.6 Å². The highest BCUT2D eigenvalue weighted by atomic mass is 35.5. The lowest BCUT2D eigenvalue weighted by Gasteiger charge is -2.17. The van der Waals surface area contributed by atoms with E-state index in [9.17, 15) is 9.59 Å². The Hall–Kier alpha value is -4.85. The maximum Gasteiger partial charge on any atom is 0.255 e. The van der Waals surface area contributed by atoms with E-state index in [2.05, 4.69) is 15.6 Å². The largest absolute Gasteiger partial charge is 0.436 e. The molecule has 206 valence electrons. The molecule has 0 spiro atoms. The van der Waals surface area contributed by atoms with Crippen LogP contribution < -0.4 is 10.6 Å². The van der Waals surface area contributed by atoms with Gasteiger partial charge >= 0.3 is 0 Å². The number of nitrogens with zero attached hydrogens (tertiary/aromatic N) is 1. The number of anilines is 2. The molecule has 0 saturated carbocycles. The highest BCUT2D eigenvalue weighted by Crippen LogP contribution is 2.37. The fraction of sp³-hybridized carbons (Fsp3) is 0.0294. The van der Waals surface area contributed by atoms with E-state index in [1.807, 2.05) is 103 Å². The Labute approximate surface area is 251 Å². The SMILES string of the molecule is O=C(Nc1ccc(SC(C(=O)Nc2ccc(-c3nc4ccccc4o3)cc2)c2ccccc2)cc1)c1cccc(Cl)c1. The number of benzene rings is 5. The van der Waals surface area contributed by atoms with Gasteiger partial charge in [-0.2, -0.15) is 0 Å². The molecule has 1 atom stereocenters. The van der Waals surface area contributed by atoms with Gasteiger partial charge in [0.1, 0.15) is 10.8 Å². The molecule has 5 aromatic carbocycles. The van der Waals surface area contributed by atoms with Crippen molar-refractivity contribution in [3.05, 3.63) is 144 Å². The number of rotatable bonds is 8. The third-order valence-electron chi connectivity index (χ3n) is 6.49. The van der Waals surface area contributed by atoms with Crippen LogP contribution in [0.1, 0.15) is 21.2 Å². The molecule has 0 saturated heterocycles. The predicted octanol–water partition coefficient (Wildman–Crippen LogP) is 8.87. The van der Waals surface area contributed by atoms with E-state index in [-0.39, 0.29) is 11.8 Å². The van der Waals surface area contributed by atoms with Gasteiger partial charge < -0.3 is 15.1 Å². The topological polar surface area (TPSA) is 84.2 Å². The minimum Gasteiger partial charge on any atom is -0.436 e. The van der Waals surface area contributed by atoms with Gasteiger partial charge in [0, 0.05) is 32.4 Å². The molecule has 0 radical (unpaired) electrons. The number of fused-ring (bicyclic) bond motifs is 1. The summed E-state index contributed by atoms with van der Waals surface area (Å²) in [5.74, 6) is 0.125. The average Bonchev–Trinajstić information content (AvgIpc) is 3.46. The zero-order chi connectivity index (χ0) is 28.9. The van der Waals surface area contributed by atoms with Crippen molar-refractivity contribution >= 4 is 57.7 Å². The van der Waals surface area contributed by atoms with Gasteiger partial charge in [-0.3, -0.25) is 9.59 Å². The van der Waals surface area contributed by atoms with Crippen molar-refractivity contribution in [2.75, 3.05) is 10.6 Å². The molecule has 0 aliphatic heterocycles. The van der Waals surface area contributed by atoms with Crippen molar-refractivity contribution in [3.63, 3.8) is 0 Å². The second kappa shape index (κ2) is 12.3. The Balaban J connectivity index is 1.15. The third-order valence-corrected chi connectivity index (χ3v) is 7.99. The third kappa shape index (κ3) is 6.38. The molecule has 6 aromatic rings. The maximum absolute atomic E-state index is 13.6. The summed E-state index contributed by atoms with van der Waals surface area (Å²) < 4.78 is 5.86. The number of hydrogen-bond acceptors (Lipinski definition) is 5. The summed E-state index contributed by atoms with van der Waals surface area (Å²) in [6, 6.07) is 38.9. The van der Waals surface area contributed by atoms with Crippen molar-refractivity contribution < 1.29 is 14.0 Å². The lowest BCUT2D eigenvalue weighted by molar-refractivity contribution is -0.115. The molecule has 2 amide bonds. The predicted molar refractivity (Wildman–Crippen MR) is 169 cm³/mol. The van der Waals surface area contributed by atoms with Gasteiger partial charge in [0.2, 0.25) is 11.8 Å². The Kier molecular flexibility index (Phi) is 8.03. The first-order valence-corrected chi connectivity index (χ1v) is 14.4. The van der Waals surface area contributed by atoms with E-state index in [1.165, 1.54) is 11.8 Å². The quantitative estimate of drug-likeness (QED) is 0.173. The van der Waals surface area contributed by atoms with E-state index >= 15 is 0 Å². The highest BCUT2D eigenvalue weighted by Gasteiger charge is 2.22. The molecule has 0 bridgehead atoms. The molecule has 8 heteroatoms. The Bertz CT molecular complexity index is 1820. The maximum atomic E-state index is 13.6. The average molecular weight is 590 g/mol. The number of hydrogen-bond donors (Lipinski definition) is 2. The number of para-hydroxylation sites is 2. The number of amides is 2. The first-order valence-electron chi connectivity index (χ1n) is 13.2. The first kappa shape index (κ1) is 27.3. The van der Waals surface area contributed by atoms with Crippen molar-refractivity contribution in [2.24, 2.45) is 0 Å². The molecule has 1 aromatic heterocycles. The Morgan fingerprint density at radius 2 is 1.43 bits per heavy atom. The molecule has 0 fully saturated rings. The lowest BCUT2D eigenvalue weighted by Crippen LogP contribution is -2.19. The summed E-state index contributed by atoms with van der Waals surface area (Å²) in [4.78, 5) is 31.6. The van der Waals surface area contributed by atoms with Gasteiger partial charge in [0.15, 0.2) is 5.58 Å². The minimum atomic E-state index is -0.505. The van der Waals surface area contributed by atoms with Crippen molar-refractivity contribution in [2.45, 2.75) is 10.1 Å². The van der Waals surface area contributed by atoms with Gasteiger partial charge in [0.05, 0.1) is 0 Å². The van der Waals surface area contributed by atoms with Crippen molar-refractivity contribution in [1.82, 2.24) is 4.98 Å². The molecule has 0 aliphatic rings. The van der Waals surface area contributed by atoms with E-state index in [1.54, 1.807) is 24.3 Å². The van der Waals surface area contributed by atoms with Gasteiger partial charge in [-0.15, -0.1) is 11.8 Å². The second-order valence-corrected chi connectivity index (χ2v) is 11.1. The van der Waals surface area contributed by atoms with Crippen LogP contribution in [0.3, 0.4) is 0 Å². The van der Waals surface area contributed by atoms with Crippen LogP contribution in [0.15, 0.2) is 137 Å². The lowest BCUT2D eigenvalue weighted by atomic mass is 10.1. The van der Waals surface area contributed by atoms with E-state index < -0.39 is 5.25 Å². The fourth-order valence-electron chi connectivity index (χ4n) is 4.39. The first-order chi connectivity index (χ1) is 20.5. The highest BCUT2D eigenvalue weighted by molar-refractivity contribution is 8.00. The smallest absolute Gasteiger partial charge is 0.255 e. The number of aromatic nitrogens is 1. The van der Waals surface area contributed by atoms with E-state index in [0.717, 1.165) is 27.1 Å². The van der Waals surface area contributed by atoms with Crippen LogP contribution in [-0.2, 0) is 4.79 Å². The van der Waals surface area contributed by atoms with E-state index in [4.69, 9.17) is 16.0 Å². The van der Waals surface area contributed by atoms with Crippen LogP contribution in [0.2, 0.25) is 5.02 Å². The molecule has 6 rings (SSSR count). The summed E-state index contributed by atoms with van der Waals surface area (Å²) in [5.41, 5.74) is 5.00. The van der Waals surface area contributed by atoms with Gasteiger partial charge in [-0.25, -0.2) is 4.98 Å². The fourth-order valence-corrected chi connectivity index (χ4v) is 5.60. The summed E-state index contributed by atoms with van der Waals surface area (Å²) in [7, 11) is 0. The molecule has 0 aliphatic carbocycles. The van der Waals surface area contributed by atoms with Crippen LogP contribution in [0.4, 0.5) is 11.4 Å². The summed E-state index contributed by atoms with van der Waals surface area (Å²) >= 11 is 7.44. The van der Waals surface area contributed by atoms with Gasteiger partial charge in [-0.1, -0.05) is 60.1 Å². The summed E-state index contributed by atoms with van der Waals surface area (Å²) in [5, 5.41) is 5.92. The number of carbonyl (C=O) groups is 2. The van der Waals surface area contributed by atoms with Crippen molar-refractivity contribution in [1.29, 1.82) is 0 Å². The molecule has 2 N–H and O–H groups in total. The molecule has 1 unspecified atom stereocenters. The van der Waals surface area contributed by atoms with Crippen LogP contribution in [0, 0.1) is 0 Å². The van der Waals surface area contributed by atoms with Gasteiger partial charge in [-0.05, 0) is 84.4 Å². The molecule has 6 nitrogen and oxygen atoms in total. The summed E-state index contributed by atoms with van der Waals surface area (Å²) in [6.45, 7) is 0. The zero-order valence-electron chi connectivity index (χ0n) is 22.2. The van der Waals surface area contributed by atoms with Crippen molar-refractivity contribution in [3.8, 4) is 11.5 Å². The molecular weight excluding hydrogens is 566 g/mol. The number of nitrogens with one attached hydrogen (secondary N) is 2.